The van der Waals surface area contributed by atoms with Crippen LogP contribution in [0, 0.1) is 5.41 Å². The second kappa shape index (κ2) is 2.31. The van der Waals surface area contributed by atoms with Gasteiger partial charge in [0.25, 0.3) is 0 Å². The van der Waals surface area contributed by atoms with Crippen LogP contribution >= 0.6 is 11.1 Å². The summed E-state index contributed by atoms with van der Waals surface area (Å²) in [6, 6.07) is 0. The second-order valence-corrected chi connectivity index (χ2v) is 4.74. The van der Waals surface area contributed by atoms with Gasteiger partial charge >= 0.3 is 0 Å². The summed E-state index contributed by atoms with van der Waals surface area (Å²) >= 11 is 5.82. The molecule has 1 aliphatic carbocycles. The lowest BCUT2D eigenvalue weighted by atomic mass is 9.96. The van der Waals surface area contributed by atoms with E-state index in [2.05, 4.69) is 32.1 Å². The Kier molecular flexibility index (Phi) is 1.82. The van der Waals surface area contributed by atoms with Gasteiger partial charge in [0.1, 0.15) is 0 Å². The molecule has 1 aliphatic rings. The minimum Gasteiger partial charge on any atom is -0.170 e. The molecule has 2 heteroatoms. The summed E-state index contributed by atoms with van der Waals surface area (Å²) in [6.45, 7) is 4.41. The first kappa shape index (κ1) is 7.10. The molecule has 0 amide bonds. The molecular weight excluding hydrogens is 148 g/mol. The van der Waals surface area contributed by atoms with E-state index in [1.165, 1.54) is 5.20 Å². The predicted molar refractivity (Wildman–Crippen MR) is 45.4 cm³/mol. The summed E-state index contributed by atoms with van der Waals surface area (Å²) in [6.07, 6.45) is 6.46. The first-order chi connectivity index (χ1) is 4.17. The van der Waals surface area contributed by atoms with E-state index in [1.807, 2.05) is 0 Å². The van der Waals surface area contributed by atoms with Crippen LogP contribution in [0.2, 0.25) is 0 Å². The average molecular weight is 159 g/mol. The van der Waals surface area contributed by atoms with E-state index in [1.54, 1.807) is 0 Å². The second-order valence-electron chi connectivity index (χ2n) is 2.91. The smallest absolute Gasteiger partial charge is 0.152 e. The molecule has 0 saturated heterocycles. The van der Waals surface area contributed by atoms with Crippen molar-refractivity contribution >= 4 is 19.9 Å². The van der Waals surface area contributed by atoms with Gasteiger partial charge in [-0.1, -0.05) is 37.3 Å². The van der Waals surface area contributed by atoms with Gasteiger partial charge in [-0.2, -0.15) is 11.1 Å². The van der Waals surface area contributed by atoms with Gasteiger partial charge in [0, 0.05) is 5.41 Å². The van der Waals surface area contributed by atoms with Gasteiger partial charge < -0.3 is 0 Å². The van der Waals surface area contributed by atoms with E-state index in [0.717, 1.165) is 0 Å². The lowest BCUT2D eigenvalue weighted by Crippen LogP contribution is -2.10. The maximum Gasteiger partial charge on any atom is 0.152 e. The highest BCUT2D eigenvalue weighted by molar-refractivity contribution is 6.98. The molecule has 0 aromatic heterocycles. The molecule has 0 saturated carbocycles. The predicted octanol–water partition coefficient (Wildman–Crippen LogP) is 1.79. The van der Waals surface area contributed by atoms with Crippen LogP contribution in [0.3, 0.4) is 0 Å². The van der Waals surface area contributed by atoms with Crippen molar-refractivity contribution in [2.45, 2.75) is 13.8 Å². The molecule has 0 aromatic rings. The van der Waals surface area contributed by atoms with Gasteiger partial charge in [0.2, 0.25) is 0 Å². The summed E-state index contributed by atoms with van der Waals surface area (Å²) in [5, 5.41) is 1.45. The van der Waals surface area contributed by atoms with Gasteiger partial charge in [0.15, 0.2) is 8.83 Å². The number of rotatable bonds is 1. The Labute approximate surface area is 63.1 Å². The van der Waals surface area contributed by atoms with Crippen LogP contribution in [0.5, 0.6) is 0 Å². The van der Waals surface area contributed by atoms with Crippen LogP contribution in [-0.2, 0) is 0 Å². The van der Waals surface area contributed by atoms with Crippen molar-refractivity contribution in [1.29, 1.82) is 0 Å². The third-order valence-electron chi connectivity index (χ3n) is 1.78. The Morgan fingerprint density at radius 1 is 1.56 bits per heavy atom. The van der Waals surface area contributed by atoms with E-state index >= 15 is 0 Å². The van der Waals surface area contributed by atoms with Gasteiger partial charge in [-0.3, -0.25) is 0 Å². The summed E-state index contributed by atoms with van der Waals surface area (Å²) in [5.41, 5.74) is 0.272. The van der Waals surface area contributed by atoms with E-state index in [-0.39, 0.29) is 5.41 Å². The molecule has 0 bridgehead atoms. The molecule has 0 nitrogen and oxygen atoms in total. The number of hydrogen-bond acceptors (Lipinski definition) is 0. The fourth-order valence-corrected chi connectivity index (χ4v) is 2.93. The zero-order chi connectivity index (χ0) is 6.91. The van der Waals surface area contributed by atoms with Crippen molar-refractivity contribution in [3.05, 3.63) is 23.4 Å². The fraction of sp³-hybridized carbons (Fsp3) is 0.429. The van der Waals surface area contributed by atoms with Crippen LogP contribution in [-0.4, -0.2) is 8.83 Å². The normalized spacial score (nSPS) is 23.7. The topological polar surface area (TPSA) is 0 Å². The largest absolute Gasteiger partial charge is 0.170 e. The van der Waals surface area contributed by atoms with Crippen LogP contribution in [0.25, 0.3) is 0 Å². The van der Waals surface area contributed by atoms with Gasteiger partial charge in [-0.05, 0) is 0 Å². The molecule has 0 N–H and O–H groups in total. The van der Waals surface area contributed by atoms with Crippen molar-refractivity contribution < 1.29 is 0 Å². The zero-order valence-electron chi connectivity index (χ0n) is 5.82. The van der Waals surface area contributed by atoms with Crippen molar-refractivity contribution in [3.63, 3.8) is 0 Å². The lowest BCUT2D eigenvalue weighted by Gasteiger charge is -2.17. The van der Waals surface area contributed by atoms with E-state index < -0.39 is 8.83 Å². The number of halogens is 1. The molecule has 9 heavy (non-hydrogen) atoms. The molecule has 0 aromatic carbocycles. The molecule has 0 radical (unpaired) electrons. The van der Waals surface area contributed by atoms with Gasteiger partial charge in [-0.15, -0.1) is 0 Å². The Bertz CT molecular complexity index is 168. The highest BCUT2D eigenvalue weighted by Crippen LogP contribution is 2.31. The first-order valence-corrected chi connectivity index (χ1v) is 5.96. The molecule has 1 rings (SSSR count). The summed E-state index contributed by atoms with van der Waals surface area (Å²) in [7, 11) is -0.443. The van der Waals surface area contributed by atoms with E-state index in [0.29, 0.717) is 0 Å². The molecule has 0 atom stereocenters. The molecule has 0 aliphatic heterocycles. The molecular formula is C7H11ClSi. The van der Waals surface area contributed by atoms with Crippen LogP contribution < -0.4 is 0 Å². The Balaban J connectivity index is 2.78. The van der Waals surface area contributed by atoms with E-state index in [9.17, 15) is 0 Å². The Morgan fingerprint density at radius 3 is 2.44 bits per heavy atom. The molecule has 0 fully saturated rings. The number of hydrogen-bond donors (Lipinski definition) is 0. The third kappa shape index (κ3) is 1.27. The van der Waals surface area contributed by atoms with Crippen molar-refractivity contribution in [2.24, 2.45) is 5.41 Å². The Hall–Kier alpha value is -0.0131. The maximum absolute atomic E-state index is 5.82. The summed E-state index contributed by atoms with van der Waals surface area (Å²) < 4.78 is 0. The quantitative estimate of drug-likeness (QED) is 0.403. The standard InChI is InChI=1S/C7H11ClSi/c1-7(2)5-3-4-6(7)9-8/h3-5H,9H2,1-2H3. The third-order valence-corrected chi connectivity index (χ3v) is 4.08. The minimum atomic E-state index is -0.443. The number of allylic oxidation sites excluding steroid dienone is 4. The van der Waals surface area contributed by atoms with Crippen LogP contribution in [0.1, 0.15) is 13.8 Å². The molecule has 0 spiro atoms. The highest BCUT2D eigenvalue weighted by Gasteiger charge is 2.21. The lowest BCUT2D eigenvalue weighted by molar-refractivity contribution is 0.621. The summed E-state index contributed by atoms with van der Waals surface area (Å²) in [5.74, 6) is 0. The Morgan fingerprint density at radius 2 is 2.22 bits per heavy atom. The SMILES string of the molecule is CC1(C)C=CC=C1[SiH2]Cl. The zero-order valence-corrected chi connectivity index (χ0v) is 7.99. The average Bonchev–Trinajstić information content (AvgIpc) is 2.08. The maximum atomic E-state index is 5.82. The minimum absolute atomic E-state index is 0.272. The monoisotopic (exact) mass is 158 g/mol. The van der Waals surface area contributed by atoms with Crippen LogP contribution in [0.4, 0.5) is 0 Å². The van der Waals surface area contributed by atoms with Crippen molar-refractivity contribution in [1.82, 2.24) is 0 Å². The van der Waals surface area contributed by atoms with Crippen LogP contribution in [0.15, 0.2) is 23.4 Å². The summed E-state index contributed by atoms with van der Waals surface area (Å²) in [4.78, 5) is 0. The van der Waals surface area contributed by atoms with Crippen molar-refractivity contribution in [2.75, 3.05) is 0 Å². The molecule has 0 heterocycles. The highest BCUT2D eigenvalue weighted by atomic mass is 35.6. The van der Waals surface area contributed by atoms with Gasteiger partial charge in [-0.25, -0.2) is 0 Å². The fourth-order valence-electron chi connectivity index (χ4n) is 0.943. The van der Waals surface area contributed by atoms with Gasteiger partial charge in [0.05, 0.1) is 0 Å². The molecule has 0 unspecified atom stereocenters. The van der Waals surface area contributed by atoms with E-state index in [4.69, 9.17) is 11.1 Å². The first-order valence-electron chi connectivity index (χ1n) is 3.11. The van der Waals surface area contributed by atoms with Crippen molar-refractivity contribution in [3.8, 4) is 0 Å². The molecule has 50 valence electrons.